The van der Waals surface area contributed by atoms with Crippen LogP contribution in [-0.4, -0.2) is 33.7 Å². The molecule has 1 rings (SSSR count). The highest BCUT2D eigenvalue weighted by Gasteiger charge is 2.45. The first-order valence-corrected chi connectivity index (χ1v) is 9.08. The molecule has 1 heterocycles. The standard InChI is InChI=1S/C19H30N2O4/c20-13-7-2-1-5-11-19(17(22)23,18(24)25)12-6-3-4-9-16-10-8-14-21-15-16/h8,10,14-15H,1-7,9,11-13,20H2,(H,22,23)(H,24,25). The average Bonchev–Trinajstić information content (AvgIpc) is 2.60. The summed E-state index contributed by atoms with van der Waals surface area (Å²) in [5.41, 5.74) is 4.92. The van der Waals surface area contributed by atoms with Crippen LogP contribution in [0.4, 0.5) is 0 Å². The molecule has 0 bridgehead atoms. The molecule has 0 unspecified atom stereocenters. The summed E-state index contributed by atoms with van der Waals surface area (Å²) < 4.78 is 0. The molecule has 140 valence electrons. The first-order valence-electron chi connectivity index (χ1n) is 9.08. The zero-order valence-corrected chi connectivity index (χ0v) is 14.8. The molecule has 1 aromatic heterocycles. The molecule has 0 fully saturated rings. The highest BCUT2D eigenvalue weighted by molar-refractivity contribution is 5.98. The van der Waals surface area contributed by atoms with E-state index in [1.165, 1.54) is 0 Å². The number of carboxylic acid groups (broad SMARTS) is 2. The van der Waals surface area contributed by atoms with Gasteiger partial charge in [0, 0.05) is 12.4 Å². The Balaban J connectivity index is 2.44. The molecular weight excluding hydrogens is 320 g/mol. The molecule has 0 radical (unpaired) electrons. The van der Waals surface area contributed by atoms with Gasteiger partial charge < -0.3 is 15.9 Å². The van der Waals surface area contributed by atoms with Gasteiger partial charge in [0.25, 0.3) is 0 Å². The van der Waals surface area contributed by atoms with Crippen LogP contribution in [0.3, 0.4) is 0 Å². The number of nitrogens with two attached hydrogens (primary N) is 1. The fourth-order valence-electron chi connectivity index (χ4n) is 3.05. The number of nitrogens with zero attached hydrogens (tertiary/aromatic N) is 1. The second-order valence-electron chi connectivity index (χ2n) is 6.57. The summed E-state index contributed by atoms with van der Waals surface area (Å²) in [7, 11) is 0. The van der Waals surface area contributed by atoms with Gasteiger partial charge >= 0.3 is 11.9 Å². The summed E-state index contributed by atoms with van der Waals surface area (Å²) >= 11 is 0. The van der Waals surface area contributed by atoms with Gasteiger partial charge in [0.1, 0.15) is 0 Å². The maximum absolute atomic E-state index is 11.7. The quantitative estimate of drug-likeness (QED) is 0.350. The molecule has 4 N–H and O–H groups in total. The van der Waals surface area contributed by atoms with Crippen molar-refractivity contribution in [1.29, 1.82) is 0 Å². The SMILES string of the molecule is NCCCCCCC(CCCCCc1cccnc1)(C(=O)O)C(=O)O. The number of aliphatic carboxylic acids is 2. The number of carboxylic acids is 2. The molecule has 25 heavy (non-hydrogen) atoms. The molecule has 1 aromatic rings. The van der Waals surface area contributed by atoms with E-state index in [1.807, 2.05) is 18.3 Å². The number of hydrogen-bond donors (Lipinski definition) is 3. The van der Waals surface area contributed by atoms with Gasteiger partial charge in [-0.25, -0.2) is 0 Å². The lowest BCUT2D eigenvalue weighted by atomic mass is 9.78. The minimum atomic E-state index is -1.66. The molecule has 0 aromatic carbocycles. The number of unbranched alkanes of at least 4 members (excludes halogenated alkanes) is 5. The van der Waals surface area contributed by atoms with Crippen molar-refractivity contribution in [2.45, 2.75) is 64.2 Å². The second-order valence-corrected chi connectivity index (χ2v) is 6.57. The Hall–Kier alpha value is -1.95. The van der Waals surface area contributed by atoms with Crippen LogP contribution in [0.15, 0.2) is 24.5 Å². The lowest BCUT2D eigenvalue weighted by molar-refractivity contribution is -0.166. The summed E-state index contributed by atoms with van der Waals surface area (Å²) in [6, 6.07) is 3.90. The van der Waals surface area contributed by atoms with Crippen LogP contribution in [-0.2, 0) is 16.0 Å². The van der Waals surface area contributed by atoms with Gasteiger partial charge in [-0.15, -0.1) is 0 Å². The van der Waals surface area contributed by atoms with E-state index < -0.39 is 17.4 Å². The van der Waals surface area contributed by atoms with Gasteiger partial charge in [-0.05, 0) is 50.3 Å². The lowest BCUT2D eigenvalue weighted by Gasteiger charge is -2.25. The predicted molar refractivity (Wildman–Crippen MR) is 96.3 cm³/mol. The zero-order chi connectivity index (χ0) is 18.5. The molecule has 0 amide bonds. The molecular formula is C19H30N2O4. The Kier molecular flexibility index (Phi) is 9.77. The number of hydrogen-bond acceptors (Lipinski definition) is 4. The molecule has 0 aliphatic carbocycles. The summed E-state index contributed by atoms with van der Waals surface area (Å²) in [5.74, 6) is -2.43. The molecule has 0 saturated heterocycles. The molecule has 0 aliphatic heterocycles. The molecule has 6 nitrogen and oxygen atoms in total. The normalized spacial score (nSPS) is 11.4. The summed E-state index contributed by atoms with van der Waals surface area (Å²) in [5, 5.41) is 19.0. The first-order chi connectivity index (χ1) is 12.0. The first kappa shape index (κ1) is 21.1. The largest absolute Gasteiger partial charge is 0.480 e. The van der Waals surface area contributed by atoms with Crippen molar-refractivity contribution in [3.8, 4) is 0 Å². The Labute approximate surface area is 149 Å². The fraction of sp³-hybridized carbons (Fsp3) is 0.632. The molecule has 0 atom stereocenters. The maximum Gasteiger partial charge on any atom is 0.321 e. The minimum Gasteiger partial charge on any atom is -0.480 e. The van der Waals surface area contributed by atoms with E-state index in [4.69, 9.17) is 5.73 Å². The molecule has 6 heteroatoms. The third-order valence-corrected chi connectivity index (χ3v) is 4.67. The van der Waals surface area contributed by atoms with Crippen LogP contribution in [0.25, 0.3) is 0 Å². The Morgan fingerprint density at radius 3 is 2.08 bits per heavy atom. The average molecular weight is 350 g/mol. The van der Waals surface area contributed by atoms with Crippen molar-refractivity contribution >= 4 is 11.9 Å². The van der Waals surface area contributed by atoms with E-state index >= 15 is 0 Å². The van der Waals surface area contributed by atoms with Gasteiger partial charge in [0.15, 0.2) is 5.41 Å². The molecule has 0 saturated carbocycles. The number of pyridine rings is 1. The zero-order valence-electron chi connectivity index (χ0n) is 14.8. The molecule has 0 aliphatic rings. The minimum absolute atomic E-state index is 0.182. The van der Waals surface area contributed by atoms with Crippen molar-refractivity contribution in [3.05, 3.63) is 30.1 Å². The Morgan fingerprint density at radius 1 is 0.960 bits per heavy atom. The number of aryl methyl sites for hydroxylation is 1. The summed E-state index contributed by atoms with van der Waals surface area (Å²) in [6.07, 6.45) is 10.3. The van der Waals surface area contributed by atoms with E-state index in [-0.39, 0.29) is 12.8 Å². The van der Waals surface area contributed by atoms with E-state index in [0.717, 1.165) is 44.1 Å². The Morgan fingerprint density at radius 2 is 1.56 bits per heavy atom. The van der Waals surface area contributed by atoms with Crippen LogP contribution in [0.5, 0.6) is 0 Å². The van der Waals surface area contributed by atoms with Crippen LogP contribution >= 0.6 is 0 Å². The Bertz CT molecular complexity index is 505. The van der Waals surface area contributed by atoms with Crippen molar-refractivity contribution in [2.24, 2.45) is 11.1 Å². The van der Waals surface area contributed by atoms with Crippen molar-refractivity contribution in [2.75, 3.05) is 6.54 Å². The number of aromatic nitrogens is 1. The lowest BCUT2D eigenvalue weighted by Crippen LogP contribution is -2.39. The molecule has 0 spiro atoms. The predicted octanol–water partition coefficient (Wildman–Crippen LogP) is 3.25. The van der Waals surface area contributed by atoms with E-state index in [0.29, 0.717) is 19.4 Å². The van der Waals surface area contributed by atoms with E-state index in [9.17, 15) is 19.8 Å². The van der Waals surface area contributed by atoms with Crippen LogP contribution in [0, 0.1) is 5.41 Å². The monoisotopic (exact) mass is 350 g/mol. The summed E-state index contributed by atoms with van der Waals surface area (Å²) in [6.45, 7) is 0.611. The third-order valence-electron chi connectivity index (χ3n) is 4.67. The van der Waals surface area contributed by atoms with E-state index in [2.05, 4.69) is 4.98 Å². The maximum atomic E-state index is 11.7. The van der Waals surface area contributed by atoms with Gasteiger partial charge in [0.2, 0.25) is 0 Å². The highest BCUT2D eigenvalue weighted by atomic mass is 16.4. The van der Waals surface area contributed by atoms with Gasteiger partial charge in [0.05, 0.1) is 0 Å². The van der Waals surface area contributed by atoms with Crippen LogP contribution < -0.4 is 5.73 Å². The second kappa shape index (κ2) is 11.6. The smallest absolute Gasteiger partial charge is 0.321 e. The van der Waals surface area contributed by atoms with Crippen LogP contribution in [0.1, 0.15) is 63.4 Å². The van der Waals surface area contributed by atoms with E-state index in [1.54, 1.807) is 6.20 Å². The van der Waals surface area contributed by atoms with Crippen LogP contribution in [0.2, 0.25) is 0 Å². The topological polar surface area (TPSA) is 114 Å². The summed E-state index contributed by atoms with van der Waals surface area (Å²) in [4.78, 5) is 27.4. The van der Waals surface area contributed by atoms with Gasteiger partial charge in [-0.1, -0.05) is 38.2 Å². The third kappa shape index (κ3) is 7.22. The van der Waals surface area contributed by atoms with Crippen molar-refractivity contribution < 1.29 is 19.8 Å². The van der Waals surface area contributed by atoms with Crippen molar-refractivity contribution in [1.82, 2.24) is 4.98 Å². The number of rotatable bonds is 14. The number of carbonyl (C=O) groups is 2. The van der Waals surface area contributed by atoms with Crippen molar-refractivity contribution in [3.63, 3.8) is 0 Å². The fourth-order valence-corrected chi connectivity index (χ4v) is 3.05. The highest BCUT2D eigenvalue weighted by Crippen LogP contribution is 2.33. The van der Waals surface area contributed by atoms with Gasteiger partial charge in [-0.3, -0.25) is 14.6 Å². The van der Waals surface area contributed by atoms with Gasteiger partial charge in [-0.2, -0.15) is 0 Å².